The highest BCUT2D eigenvalue weighted by molar-refractivity contribution is 5.93. The van der Waals surface area contributed by atoms with Crippen LogP contribution in [-0.2, 0) is 11.3 Å². The predicted molar refractivity (Wildman–Crippen MR) is 71.2 cm³/mol. The van der Waals surface area contributed by atoms with Gasteiger partial charge in [-0.25, -0.2) is 5.84 Å². The van der Waals surface area contributed by atoms with Crippen molar-refractivity contribution in [1.29, 1.82) is 0 Å². The summed E-state index contributed by atoms with van der Waals surface area (Å²) in [5.41, 5.74) is 3.51. The lowest BCUT2D eigenvalue weighted by Gasteiger charge is -2.21. The van der Waals surface area contributed by atoms with Gasteiger partial charge in [0.15, 0.2) is 0 Å². The number of nitrogens with one attached hydrogen (secondary N) is 1. The van der Waals surface area contributed by atoms with Crippen molar-refractivity contribution in [1.82, 2.24) is 15.3 Å². The summed E-state index contributed by atoms with van der Waals surface area (Å²) in [5, 5.41) is 0. The number of nitrogens with two attached hydrogens (primary N) is 1. The molecule has 0 saturated carbocycles. The lowest BCUT2D eigenvalue weighted by atomic mass is 10.2. The van der Waals surface area contributed by atoms with E-state index in [-0.39, 0.29) is 12.0 Å². The van der Waals surface area contributed by atoms with Gasteiger partial charge >= 0.3 is 0 Å². The lowest BCUT2D eigenvalue weighted by Crippen LogP contribution is -2.31. The third-order valence-electron chi connectivity index (χ3n) is 3.14. The maximum absolute atomic E-state index is 11.3. The van der Waals surface area contributed by atoms with E-state index in [0.717, 1.165) is 38.4 Å². The number of nitrogen functional groups attached to an aromatic ring is 1. The summed E-state index contributed by atoms with van der Waals surface area (Å²) in [5.74, 6) is 4.75. The Kier molecular flexibility index (Phi) is 4.84. The Morgan fingerprint density at radius 1 is 1.63 bits per heavy atom. The van der Waals surface area contributed by atoms with Crippen LogP contribution in [0.3, 0.4) is 0 Å². The average molecular weight is 264 g/mol. The van der Waals surface area contributed by atoms with Gasteiger partial charge in [-0.2, -0.15) is 0 Å². The van der Waals surface area contributed by atoms with Gasteiger partial charge in [-0.1, -0.05) is 0 Å². The second-order valence-electron chi connectivity index (χ2n) is 4.78. The van der Waals surface area contributed by atoms with Crippen LogP contribution in [0.1, 0.15) is 29.4 Å². The molecule has 1 aliphatic heterocycles. The van der Waals surface area contributed by atoms with Crippen LogP contribution < -0.4 is 11.3 Å². The van der Waals surface area contributed by atoms with Crippen molar-refractivity contribution in [3.63, 3.8) is 0 Å². The van der Waals surface area contributed by atoms with Gasteiger partial charge in [-0.15, -0.1) is 0 Å². The Labute approximate surface area is 112 Å². The largest absolute Gasteiger partial charge is 0.377 e. The highest BCUT2D eigenvalue weighted by Crippen LogP contribution is 2.09. The summed E-state index contributed by atoms with van der Waals surface area (Å²) in [4.78, 5) is 17.9. The van der Waals surface area contributed by atoms with Crippen molar-refractivity contribution in [2.45, 2.75) is 26.0 Å². The van der Waals surface area contributed by atoms with E-state index in [2.05, 4.69) is 22.2 Å². The fourth-order valence-electron chi connectivity index (χ4n) is 2.19. The maximum Gasteiger partial charge on any atom is 0.266 e. The van der Waals surface area contributed by atoms with E-state index >= 15 is 0 Å². The molecular weight excluding hydrogens is 244 g/mol. The Morgan fingerprint density at radius 2 is 2.47 bits per heavy atom. The Morgan fingerprint density at radius 3 is 3.16 bits per heavy atom. The number of rotatable bonds is 3. The zero-order chi connectivity index (χ0) is 13.7. The van der Waals surface area contributed by atoms with Gasteiger partial charge in [0.2, 0.25) is 0 Å². The molecule has 1 amide bonds. The molecule has 6 nitrogen and oxygen atoms in total. The molecule has 1 atom stereocenters. The van der Waals surface area contributed by atoms with E-state index in [9.17, 15) is 4.79 Å². The number of carbonyl (C=O) groups excluding carboxylic acids is 1. The molecule has 1 aromatic heterocycles. The average Bonchev–Trinajstić information content (AvgIpc) is 2.63. The highest BCUT2D eigenvalue weighted by atomic mass is 16.5. The van der Waals surface area contributed by atoms with E-state index in [4.69, 9.17) is 10.6 Å². The van der Waals surface area contributed by atoms with Gasteiger partial charge in [0, 0.05) is 32.4 Å². The SMILES string of the molecule is CC1CN(Cc2ccc(C(=O)NN)cn2)CCCO1. The van der Waals surface area contributed by atoms with Crippen molar-refractivity contribution in [2.24, 2.45) is 5.84 Å². The second-order valence-corrected chi connectivity index (χ2v) is 4.78. The van der Waals surface area contributed by atoms with Crippen molar-refractivity contribution in [2.75, 3.05) is 19.7 Å². The van der Waals surface area contributed by atoms with Crippen LogP contribution in [0.2, 0.25) is 0 Å². The number of pyridine rings is 1. The quantitative estimate of drug-likeness (QED) is 0.466. The van der Waals surface area contributed by atoms with Gasteiger partial charge < -0.3 is 4.74 Å². The number of hydrazine groups is 1. The molecular formula is C13H20N4O2. The number of nitrogens with zero attached hydrogens (tertiary/aromatic N) is 2. The maximum atomic E-state index is 11.3. The zero-order valence-electron chi connectivity index (χ0n) is 11.1. The fraction of sp³-hybridized carbons (Fsp3) is 0.538. The van der Waals surface area contributed by atoms with Crippen LogP contribution in [0.25, 0.3) is 0 Å². The molecule has 0 bridgehead atoms. The van der Waals surface area contributed by atoms with E-state index in [1.165, 1.54) is 0 Å². The molecule has 1 saturated heterocycles. The van der Waals surface area contributed by atoms with Gasteiger partial charge in [-0.05, 0) is 25.5 Å². The predicted octanol–water partition coefficient (Wildman–Crippen LogP) is 0.296. The standard InChI is InChI=1S/C13H20N4O2/c1-10-8-17(5-2-6-19-10)9-12-4-3-11(7-15-12)13(18)16-14/h3-4,7,10H,2,5-6,8-9,14H2,1H3,(H,16,18). The van der Waals surface area contributed by atoms with E-state index in [0.29, 0.717) is 5.56 Å². The Balaban J connectivity index is 1.96. The highest BCUT2D eigenvalue weighted by Gasteiger charge is 2.15. The topological polar surface area (TPSA) is 80.5 Å². The third kappa shape index (κ3) is 3.99. The first-order valence-corrected chi connectivity index (χ1v) is 6.49. The van der Waals surface area contributed by atoms with E-state index in [1.54, 1.807) is 12.3 Å². The molecule has 0 radical (unpaired) electrons. The molecule has 104 valence electrons. The molecule has 3 N–H and O–H groups in total. The summed E-state index contributed by atoms with van der Waals surface area (Å²) < 4.78 is 5.61. The minimum absolute atomic E-state index is 0.254. The van der Waals surface area contributed by atoms with Gasteiger partial charge in [0.1, 0.15) is 0 Å². The van der Waals surface area contributed by atoms with Crippen LogP contribution >= 0.6 is 0 Å². The van der Waals surface area contributed by atoms with Crippen LogP contribution in [0.5, 0.6) is 0 Å². The Hall–Kier alpha value is -1.50. The van der Waals surface area contributed by atoms with Crippen LogP contribution in [0.4, 0.5) is 0 Å². The van der Waals surface area contributed by atoms with Crippen molar-refractivity contribution in [3.8, 4) is 0 Å². The monoisotopic (exact) mass is 264 g/mol. The van der Waals surface area contributed by atoms with Crippen molar-refractivity contribution >= 4 is 5.91 Å². The zero-order valence-corrected chi connectivity index (χ0v) is 11.1. The smallest absolute Gasteiger partial charge is 0.266 e. The molecule has 0 aromatic carbocycles. The summed E-state index contributed by atoms with van der Waals surface area (Å²) in [6.45, 7) is 5.60. The molecule has 0 spiro atoms. The molecule has 2 rings (SSSR count). The van der Waals surface area contributed by atoms with E-state index in [1.807, 2.05) is 6.07 Å². The molecule has 1 fully saturated rings. The Bertz CT molecular complexity index is 421. The number of amides is 1. The number of hydrogen-bond acceptors (Lipinski definition) is 5. The molecule has 6 heteroatoms. The normalized spacial score (nSPS) is 20.8. The number of carbonyl (C=O) groups is 1. The summed E-state index contributed by atoms with van der Waals surface area (Å²) >= 11 is 0. The first-order valence-electron chi connectivity index (χ1n) is 6.49. The van der Waals surface area contributed by atoms with Gasteiger partial charge in [-0.3, -0.25) is 20.1 Å². The number of aromatic nitrogens is 1. The molecule has 19 heavy (non-hydrogen) atoms. The van der Waals surface area contributed by atoms with Crippen LogP contribution in [0, 0.1) is 0 Å². The molecule has 1 unspecified atom stereocenters. The molecule has 1 aromatic rings. The van der Waals surface area contributed by atoms with E-state index < -0.39 is 0 Å². The van der Waals surface area contributed by atoms with Gasteiger partial charge in [0.25, 0.3) is 5.91 Å². The second kappa shape index (κ2) is 6.60. The molecule has 1 aliphatic rings. The van der Waals surface area contributed by atoms with Crippen molar-refractivity contribution in [3.05, 3.63) is 29.6 Å². The minimum atomic E-state index is -0.323. The third-order valence-corrected chi connectivity index (χ3v) is 3.14. The number of hydrogen-bond donors (Lipinski definition) is 2. The fourth-order valence-corrected chi connectivity index (χ4v) is 2.19. The van der Waals surface area contributed by atoms with Crippen LogP contribution in [0.15, 0.2) is 18.3 Å². The summed E-state index contributed by atoms with van der Waals surface area (Å²) in [6, 6.07) is 3.60. The number of ether oxygens (including phenoxy) is 1. The first kappa shape index (κ1) is 13.9. The summed E-state index contributed by atoms with van der Waals surface area (Å²) in [6.07, 6.45) is 2.84. The minimum Gasteiger partial charge on any atom is -0.377 e. The van der Waals surface area contributed by atoms with Crippen LogP contribution in [-0.4, -0.2) is 41.6 Å². The molecule has 2 heterocycles. The first-order chi connectivity index (χ1) is 9.19. The van der Waals surface area contributed by atoms with Gasteiger partial charge in [0.05, 0.1) is 17.4 Å². The lowest BCUT2D eigenvalue weighted by molar-refractivity contribution is 0.0666. The summed E-state index contributed by atoms with van der Waals surface area (Å²) in [7, 11) is 0. The molecule has 0 aliphatic carbocycles. The van der Waals surface area contributed by atoms with Crippen molar-refractivity contribution < 1.29 is 9.53 Å².